The lowest BCUT2D eigenvalue weighted by molar-refractivity contribution is -0.406. The zero-order valence-corrected chi connectivity index (χ0v) is 44.7. The summed E-state index contributed by atoms with van der Waals surface area (Å²) in [6.45, 7) is -5.48. The molecule has 7 aliphatic heterocycles. The molecule has 480 valence electrons. The third-order valence-electron chi connectivity index (χ3n) is 15.4. The van der Waals surface area contributed by atoms with Crippen LogP contribution in [-0.4, -0.2) is 375 Å². The Labute approximate surface area is 472 Å². The van der Waals surface area contributed by atoms with Crippen molar-refractivity contribution in [3.05, 3.63) is 0 Å². The lowest BCUT2D eigenvalue weighted by Crippen LogP contribution is -2.68. The predicted octanol–water partition coefficient (Wildman–Crippen LogP) is -13.7. The van der Waals surface area contributed by atoms with Crippen molar-refractivity contribution in [2.75, 3.05) is 58.6 Å². The quantitative estimate of drug-likeness (QED) is 0.0334. The van der Waals surface area contributed by atoms with Crippen LogP contribution in [0.2, 0.25) is 0 Å². The van der Waals surface area contributed by atoms with E-state index in [0.717, 1.165) is 0 Å². The van der Waals surface area contributed by atoms with E-state index in [1.54, 1.807) is 0 Å². The van der Waals surface area contributed by atoms with Crippen LogP contribution in [0.3, 0.4) is 0 Å². The van der Waals surface area contributed by atoms with Gasteiger partial charge in [0.15, 0.2) is 44.0 Å². The van der Waals surface area contributed by atoms with Crippen molar-refractivity contribution in [3.63, 3.8) is 0 Å². The summed E-state index contributed by atoms with van der Waals surface area (Å²) in [4.78, 5) is 0. The Hall–Kier alpha value is -1.05. The maximum atomic E-state index is 12.1. The molecule has 0 aromatic rings. The molecule has 0 saturated carbocycles. The molecule has 7 saturated heterocycles. The Morgan fingerprint density at radius 2 is 0.634 bits per heavy atom. The first-order valence-electron chi connectivity index (χ1n) is 26.6. The average Bonchev–Trinajstić information content (AvgIpc) is 3.42. The molecule has 0 aromatic carbocycles. The molecule has 0 bridgehead atoms. The Balaban J connectivity index is 1.23. The standard InChI is InChI=1S/C46H80O35S/c1-12-20(53)35(77-42-31(64)26(59)21(54)13(5-47)70-42)18(10-52)75-40(12)80-39-30(63)25(58)17(9-51)74-46(39)78-36-19(76-41(68-3-2-4-82)34(67)37(36)79-43-32(65)27(60)22(55)14(6-48)71-43)11-69-45-38(29(62)24(57)16(8-50)73-45)81-44-33(66)28(61)23(56)15(7-49)72-44/h12-67,82H,2-11H2,1H3/t12-,13?,14?,15?,16?,17?,18?,19?,20?,21-,22+,23+,24+,25+,26?,27?,28?,29?,30?,31-,32-,33-,34-,35+,36+,37?,38-,39-,40-,41-,42-,43-,44+,45+,46-/m0/s1. The summed E-state index contributed by atoms with van der Waals surface area (Å²) in [7, 11) is 0. The van der Waals surface area contributed by atoms with Crippen molar-refractivity contribution in [1.82, 2.24) is 0 Å². The van der Waals surface area contributed by atoms with Gasteiger partial charge in [0.05, 0.1) is 59.0 Å². The molecule has 0 aliphatic carbocycles. The van der Waals surface area contributed by atoms with E-state index >= 15 is 0 Å². The maximum absolute atomic E-state index is 12.1. The summed E-state index contributed by atoms with van der Waals surface area (Å²) >= 11 is 4.19. The predicted molar refractivity (Wildman–Crippen MR) is 257 cm³/mol. The molecule has 82 heavy (non-hydrogen) atoms. The van der Waals surface area contributed by atoms with Crippen molar-refractivity contribution in [2.24, 2.45) is 5.92 Å². The minimum atomic E-state index is -2.16. The molecule has 0 amide bonds. The highest BCUT2D eigenvalue weighted by Crippen LogP contribution is 2.39. The average molecular weight is 1230 g/mol. The summed E-state index contributed by atoms with van der Waals surface area (Å²) in [5.74, 6) is -1.06. The minimum absolute atomic E-state index is 0.182. The highest BCUT2D eigenvalue weighted by molar-refractivity contribution is 7.80. The number of ether oxygens (including phenoxy) is 14. The van der Waals surface area contributed by atoms with Crippen LogP contribution in [0.5, 0.6) is 0 Å². The Morgan fingerprint density at radius 3 is 1.07 bits per heavy atom. The number of hydrogen-bond donors (Lipinski definition) is 22. The molecule has 36 heteroatoms. The SMILES string of the molecule is C[C@H]1C(O)[C@H](O[C@@H]2OC(CO)[C@H](O)C(O)[C@@H]2O)C(CO)O[C@H]1O[C@H]1C(O)[C@H](O)C(CO)O[C@H]1O[C@@H]1C(CO[C@@H]2OC(CO)[C@@H](O)C(O)[C@@H]2O[C@H]2OC(CO)[C@@H](O)C(O)[C@@H]2O)O[C@H](OCCCS)[C@@H](O)C1O[C@@H]1OC(CO)[C@@H](O)C(O)[C@@H]1O. The van der Waals surface area contributed by atoms with Gasteiger partial charge in [0.25, 0.3) is 0 Å². The van der Waals surface area contributed by atoms with Crippen LogP contribution < -0.4 is 0 Å². The fourth-order valence-corrected chi connectivity index (χ4v) is 10.6. The fraction of sp³-hybridized carbons (Fsp3) is 1.00. The zero-order valence-electron chi connectivity index (χ0n) is 43.8. The first kappa shape index (κ1) is 68.4. The highest BCUT2D eigenvalue weighted by atomic mass is 32.1. The molecule has 7 rings (SSSR count). The van der Waals surface area contributed by atoms with Crippen LogP contribution in [0.25, 0.3) is 0 Å². The molecule has 14 unspecified atom stereocenters. The fourth-order valence-electron chi connectivity index (χ4n) is 10.4. The van der Waals surface area contributed by atoms with Gasteiger partial charge in [-0.25, -0.2) is 0 Å². The van der Waals surface area contributed by atoms with E-state index in [2.05, 4.69) is 12.6 Å². The Morgan fingerprint density at radius 1 is 0.293 bits per heavy atom. The van der Waals surface area contributed by atoms with Gasteiger partial charge in [-0.05, 0) is 12.2 Å². The number of aliphatic hydroxyl groups is 21. The van der Waals surface area contributed by atoms with E-state index in [4.69, 9.17) is 66.3 Å². The second-order valence-electron chi connectivity index (χ2n) is 20.9. The molecule has 0 spiro atoms. The second-order valence-corrected chi connectivity index (χ2v) is 21.3. The van der Waals surface area contributed by atoms with Crippen LogP contribution in [0.1, 0.15) is 13.3 Å². The van der Waals surface area contributed by atoms with E-state index in [1.165, 1.54) is 6.92 Å². The van der Waals surface area contributed by atoms with E-state index < -0.39 is 261 Å². The normalized spacial score (nSPS) is 51.5. The number of aliphatic hydroxyl groups excluding tert-OH is 21. The van der Waals surface area contributed by atoms with Crippen molar-refractivity contribution in [1.29, 1.82) is 0 Å². The number of rotatable bonds is 23. The smallest absolute Gasteiger partial charge is 0.187 e. The molecule has 21 N–H and O–H groups in total. The molecule has 0 radical (unpaired) electrons. The summed E-state index contributed by atoms with van der Waals surface area (Å²) in [5.41, 5.74) is 0. The summed E-state index contributed by atoms with van der Waals surface area (Å²) in [6, 6.07) is 0. The van der Waals surface area contributed by atoms with Gasteiger partial charge in [-0.3, -0.25) is 0 Å². The van der Waals surface area contributed by atoms with Crippen LogP contribution in [-0.2, 0) is 66.3 Å². The molecule has 35 atom stereocenters. The monoisotopic (exact) mass is 1220 g/mol. The summed E-state index contributed by atoms with van der Waals surface area (Å²) in [5, 5.41) is 226. The lowest BCUT2D eigenvalue weighted by Gasteiger charge is -2.51. The largest absolute Gasteiger partial charge is 0.394 e. The van der Waals surface area contributed by atoms with Crippen LogP contribution in [0.15, 0.2) is 0 Å². The van der Waals surface area contributed by atoms with Gasteiger partial charge >= 0.3 is 0 Å². The van der Waals surface area contributed by atoms with Crippen LogP contribution in [0, 0.1) is 5.92 Å². The van der Waals surface area contributed by atoms with Crippen molar-refractivity contribution < 1.29 is 174 Å². The topological polar surface area (TPSA) is 554 Å². The molecule has 7 fully saturated rings. The third kappa shape index (κ3) is 14.7. The highest BCUT2D eigenvalue weighted by Gasteiger charge is 2.59. The molecule has 7 heterocycles. The van der Waals surface area contributed by atoms with Gasteiger partial charge < -0.3 is 174 Å². The maximum Gasteiger partial charge on any atom is 0.187 e. The number of thiol groups is 1. The zero-order chi connectivity index (χ0) is 60.2. The summed E-state index contributed by atoms with van der Waals surface area (Å²) in [6.07, 6.45) is -64.3. The summed E-state index contributed by atoms with van der Waals surface area (Å²) < 4.78 is 82.9. The van der Waals surface area contributed by atoms with Gasteiger partial charge in [-0.2, -0.15) is 12.6 Å². The van der Waals surface area contributed by atoms with Gasteiger partial charge in [-0.15, -0.1) is 0 Å². The van der Waals surface area contributed by atoms with E-state index in [1.807, 2.05) is 0 Å². The Kier molecular flexibility index (Phi) is 25.4. The molecular formula is C46H80O35S. The van der Waals surface area contributed by atoms with E-state index in [9.17, 15) is 107 Å². The van der Waals surface area contributed by atoms with Crippen molar-refractivity contribution in [3.8, 4) is 0 Å². The molecule has 0 aromatic heterocycles. The molecule has 35 nitrogen and oxygen atoms in total. The van der Waals surface area contributed by atoms with Crippen molar-refractivity contribution >= 4 is 12.6 Å². The lowest BCUT2D eigenvalue weighted by atomic mass is 9.91. The molecule has 7 aliphatic rings. The van der Waals surface area contributed by atoms with Gasteiger partial charge in [0.1, 0.15) is 159 Å². The first-order chi connectivity index (χ1) is 39.0. The number of hydrogen-bond acceptors (Lipinski definition) is 36. The van der Waals surface area contributed by atoms with Gasteiger partial charge in [-0.1, -0.05) is 6.92 Å². The Bertz CT molecular complexity index is 1890. The molecular weight excluding hydrogens is 1140 g/mol. The van der Waals surface area contributed by atoms with Gasteiger partial charge in [0, 0.05) is 5.92 Å². The van der Waals surface area contributed by atoms with E-state index in [0.29, 0.717) is 0 Å². The van der Waals surface area contributed by atoms with E-state index in [-0.39, 0.29) is 18.8 Å². The van der Waals surface area contributed by atoms with Crippen LogP contribution >= 0.6 is 12.6 Å². The minimum Gasteiger partial charge on any atom is -0.394 e. The second kappa shape index (κ2) is 30.4. The first-order valence-corrected chi connectivity index (χ1v) is 27.2. The van der Waals surface area contributed by atoms with Crippen LogP contribution in [0.4, 0.5) is 0 Å². The third-order valence-corrected chi connectivity index (χ3v) is 15.8. The van der Waals surface area contributed by atoms with Crippen molar-refractivity contribution in [2.45, 2.75) is 222 Å². The van der Waals surface area contributed by atoms with Gasteiger partial charge in [0.2, 0.25) is 0 Å².